The third kappa shape index (κ3) is 5.01. The molecule has 3 rings (SSSR count). The maximum absolute atomic E-state index is 6.38. The number of nitrogens with zero attached hydrogens (tertiary/aromatic N) is 3. The molecule has 0 bridgehead atoms. The molecular formula is C20H31ClN4O3. The molecule has 2 aliphatic rings. The Labute approximate surface area is 172 Å². The van der Waals surface area contributed by atoms with Gasteiger partial charge in [-0.25, -0.2) is 0 Å². The summed E-state index contributed by atoms with van der Waals surface area (Å²) in [4.78, 5) is 9.34. The molecule has 28 heavy (non-hydrogen) atoms. The maximum Gasteiger partial charge on any atom is 0.193 e. The van der Waals surface area contributed by atoms with Gasteiger partial charge < -0.3 is 24.4 Å². The van der Waals surface area contributed by atoms with E-state index in [1.807, 2.05) is 26.1 Å². The number of ether oxygens (including phenoxy) is 3. The summed E-state index contributed by atoms with van der Waals surface area (Å²) in [6.45, 7) is 8.81. The van der Waals surface area contributed by atoms with Crippen molar-refractivity contribution < 1.29 is 14.2 Å². The van der Waals surface area contributed by atoms with Gasteiger partial charge in [-0.3, -0.25) is 9.89 Å². The Kier molecular flexibility index (Phi) is 7.65. The number of hydrogen-bond donors (Lipinski definition) is 1. The van der Waals surface area contributed by atoms with Gasteiger partial charge in [-0.05, 0) is 31.0 Å². The molecule has 0 spiro atoms. The first-order valence-electron chi connectivity index (χ1n) is 9.92. The number of rotatable bonds is 6. The summed E-state index contributed by atoms with van der Waals surface area (Å²) in [5, 5.41) is 4.02. The fourth-order valence-corrected chi connectivity index (χ4v) is 4.14. The zero-order valence-electron chi connectivity index (χ0n) is 17.0. The van der Waals surface area contributed by atoms with Crippen LogP contribution in [0, 0.1) is 0 Å². The highest BCUT2D eigenvalue weighted by atomic mass is 35.5. The van der Waals surface area contributed by atoms with Crippen LogP contribution in [0.25, 0.3) is 0 Å². The quantitative estimate of drug-likeness (QED) is 0.573. The van der Waals surface area contributed by atoms with Crippen LogP contribution in [0.2, 0.25) is 5.02 Å². The molecule has 8 heteroatoms. The van der Waals surface area contributed by atoms with Gasteiger partial charge in [-0.1, -0.05) is 11.6 Å². The highest BCUT2D eigenvalue weighted by Crippen LogP contribution is 2.36. The van der Waals surface area contributed by atoms with Gasteiger partial charge in [0.15, 0.2) is 17.5 Å². The van der Waals surface area contributed by atoms with Crippen molar-refractivity contribution >= 4 is 17.6 Å². The standard InChI is InChI=1S/C20H31ClN4O3/c1-4-28-19-17(21)11-15(12-18(19)26-3)13-23-20(22-2)25-6-5-16(14-25)24-7-9-27-10-8-24/h11-12,16H,4-10,13-14H2,1-3H3,(H,22,23). The van der Waals surface area contributed by atoms with Gasteiger partial charge >= 0.3 is 0 Å². The smallest absolute Gasteiger partial charge is 0.193 e. The lowest BCUT2D eigenvalue weighted by Crippen LogP contribution is -2.46. The predicted octanol–water partition coefficient (Wildman–Crippen LogP) is 2.23. The Hall–Kier alpha value is -1.70. The van der Waals surface area contributed by atoms with Crippen LogP contribution in [-0.4, -0.2) is 82.0 Å². The van der Waals surface area contributed by atoms with Crippen molar-refractivity contribution in [2.45, 2.75) is 25.9 Å². The van der Waals surface area contributed by atoms with Crippen molar-refractivity contribution in [2.24, 2.45) is 4.99 Å². The monoisotopic (exact) mass is 410 g/mol. The average molecular weight is 411 g/mol. The number of morpholine rings is 1. The van der Waals surface area contributed by atoms with Crippen LogP contribution in [0.5, 0.6) is 11.5 Å². The van der Waals surface area contributed by atoms with E-state index in [0.29, 0.717) is 35.7 Å². The second-order valence-corrected chi connectivity index (χ2v) is 7.39. The summed E-state index contributed by atoms with van der Waals surface area (Å²) in [5.74, 6) is 2.15. The van der Waals surface area contributed by atoms with E-state index in [2.05, 4.69) is 20.1 Å². The average Bonchev–Trinajstić information content (AvgIpc) is 3.21. The SMILES string of the molecule is CCOc1c(Cl)cc(CNC(=NC)N2CCC(N3CCOCC3)C2)cc1OC. The Balaban J connectivity index is 1.59. The Morgan fingerprint density at radius 2 is 2.11 bits per heavy atom. The second kappa shape index (κ2) is 10.2. The first-order valence-corrected chi connectivity index (χ1v) is 10.3. The number of guanidine groups is 1. The predicted molar refractivity (Wildman–Crippen MR) is 112 cm³/mol. The van der Waals surface area contributed by atoms with Gasteiger partial charge in [0.05, 0.1) is 32.0 Å². The zero-order valence-corrected chi connectivity index (χ0v) is 17.8. The van der Waals surface area contributed by atoms with Gasteiger partial charge in [0.25, 0.3) is 0 Å². The molecule has 2 saturated heterocycles. The van der Waals surface area contributed by atoms with Crippen LogP contribution in [0.4, 0.5) is 0 Å². The van der Waals surface area contributed by atoms with E-state index in [1.165, 1.54) is 0 Å². The molecule has 2 aliphatic heterocycles. The molecule has 2 fully saturated rings. The molecule has 156 valence electrons. The summed E-state index contributed by atoms with van der Waals surface area (Å²) < 4.78 is 16.5. The first kappa shape index (κ1) is 21.0. The van der Waals surface area contributed by atoms with Gasteiger partial charge in [0.2, 0.25) is 0 Å². The van der Waals surface area contributed by atoms with E-state index in [1.54, 1.807) is 7.11 Å². The summed E-state index contributed by atoms with van der Waals surface area (Å²) in [6.07, 6.45) is 1.16. The van der Waals surface area contributed by atoms with Crippen molar-refractivity contribution in [3.8, 4) is 11.5 Å². The number of hydrogen-bond acceptors (Lipinski definition) is 5. The van der Waals surface area contributed by atoms with Gasteiger partial charge in [-0.15, -0.1) is 0 Å². The Morgan fingerprint density at radius 3 is 2.79 bits per heavy atom. The van der Waals surface area contributed by atoms with E-state index in [-0.39, 0.29) is 0 Å². The minimum atomic E-state index is 0.541. The van der Waals surface area contributed by atoms with E-state index in [9.17, 15) is 0 Å². The summed E-state index contributed by atoms with van der Waals surface area (Å²) >= 11 is 6.38. The van der Waals surface area contributed by atoms with Crippen molar-refractivity contribution in [3.63, 3.8) is 0 Å². The Bertz CT molecular complexity index is 680. The zero-order chi connectivity index (χ0) is 19.9. The van der Waals surface area contributed by atoms with Crippen molar-refractivity contribution in [2.75, 3.05) is 60.2 Å². The highest BCUT2D eigenvalue weighted by molar-refractivity contribution is 6.32. The largest absolute Gasteiger partial charge is 0.493 e. The van der Waals surface area contributed by atoms with Crippen molar-refractivity contribution in [1.29, 1.82) is 0 Å². The number of halogens is 1. The molecule has 1 aromatic carbocycles. The molecule has 7 nitrogen and oxygen atoms in total. The lowest BCUT2D eigenvalue weighted by molar-refractivity contribution is 0.0195. The summed E-state index contributed by atoms with van der Waals surface area (Å²) in [6, 6.07) is 4.44. The topological polar surface area (TPSA) is 58.6 Å². The third-order valence-corrected chi connectivity index (χ3v) is 5.55. The van der Waals surface area contributed by atoms with Crippen molar-refractivity contribution in [1.82, 2.24) is 15.1 Å². The molecule has 1 atom stereocenters. The number of aliphatic imine (C=N–C) groups is 1. The molecular weight excluding hydrogens is 380 g/mol. The normalized spacial score (nSPS) is 21.1. The maximum atomic E-state index is 6.38. The molecule has 1 aromatic rings. The molecule has 2 heterocycles. The minimum Gasteiger partial charge on any atom is -0.493 e. The van der Waals surface area contributed by atoms with Crippen LogP contribution in [-0.2, 0) is 11.3 Å². The van der Waals surface area contributed by atoms with Crippen molar-refractivity contribution in [3.05, 3.63) is 22.7 Å². The number of methoxy groups -OCH3 is 1. The van der Waals surface area contributed by atoms with E-state index < -0.39 is 0 Å². The van der Waals surface area contributed by atoms with Crippen LogP contribution in [0.15, 0.2) is 17.1 Å². The molecule has 1 N–H and O–H groups in total. The second-order valence-electron chi connectivity index (χ2n) is 6.98. The summed E-state index contributed by atoms with van der Waals surface area (Å²) in [7, 11) is 3.45. The van der Waals surface area contributed by atoms with E-state index in [4.69, 9.17) is 25.8 Å². The molecule has 0 radical (unpaired) electrons. The summed E-state index contributed by atoms with van der Waals surface area (Å²) in [5.41, 5.74) is 1.02. The lowest BCUT2D eigenvalue weighted by Gasteiger charge is -2.32. The van der Waals surface area contributed by atoms with Crippen LogP contribution in [0.1, 0.15) is 18.9 Å². The molecule has 0 saturated carbocycles. The highest BCUT2D eigenvalue weighted by Gasteiger charge is 2.30. The molecule has 0 aromatic heterocycles. The number of likely N-dealkylation sites (tertiary alicyclic amines) is 1. The molecule has 1 unspecified atom stereocenters. The van der Waals surface area contributed by atoms with E-state index >= 15 is 0 Å². The van der Waals surface area contributed by atoms with Gasteiger partial charge in [-0.2, -0.15) is 0 Å². The first-order chi connectivity index (χ1) is 13.7. The fraction of sp³-hybridized carbons (Fsp3) is 0.650. The van der Waals surface area contributed by atoms with Gasteiger partial charge in [0, 0.05) is 45.8 Å². The fourth-order valence-electron chi connectivity index (χ4n) is 3.85. The Morgan fingerprint density at radius 1 is 1.32 bits per heavy atom. The minimum absolute atomic E-state index is 0.541. The molecule has 0 aliphatic carbocycles. The number of nitrogens with one attached hydrogen (secondary N) is 1. The molecule has 0 amide bonds. The number of benzene rings is 1. The van der Waals surface area contributed by atoms with Gasteiger partial charge in [0.1, 0.15) is 0 Å². The van der Waals surface area contributed by atoms with Crippen LogP contribution >= 0.6 is 11.6 Å². The third-order valence-electron chi connectivity index (χ3n) is 5.27. The van der Waals surface area contributed by atoms with Crippen LogP contribution in [0.3, 0.4) is 0 Å². The van der Waals surface area contributed by atoms with E-state index in [0.717, 1.165) is 57.3 Å². The van der Waals surface area contributed by atoms with Crippen LogP contribution < -0.4 is 14.8 Å². The lowest BCUT2D eigenvalue weighted by atomic mass is 10.2.